The topological polar surface area (TPSA) is 22.3 Å². The Hall–Kier alpha value is -1.99. The third-order valence-electron chi connectivity index (χ3n) is 5.17. The minimum Gasteiger partial charge on any atom is -0.379 e. The van der Waals surface area contributed by atoms with Crippen molar-refractivity contribution in [1.82, 2.24) is 14.0 Å². The van der Waals surface area contributed by atoms with Crippen LogP contribution < -0.4 is 0 Å². The van der Waals surface area contributed by atoms with Crippen LogP contribution in [0.15, 0.2) is 54.7 Å². The first kappa shape index (κ1) is 20.3. The molecule has 0 spiro atoms. The summed E-state index contributed by atoms with van der Waals surface area (Å²) in [6.45, 7) is 5.22. The van der Waals surface area contributed by atoms with Gasteiger partial charge in [-0.1, -0.05) is 23.7 Å². The Kier molecular flexibility index (Phi) is 6.45. The first-order valence-corrected chi connectivity index (χ1v) is 10.5. The van der Waals surface area contributed by atoms with E-state index in [2.05, 4.69) is 20.2 Å². The van der Waals surface area contributed by atoms with Gasteiger partial charge in [0.05, 0.1) is 13.2 Å². The number of benzene rings is 2. The van der Waals surface area contributed by atoms with Gasteiger partial charge in [0.2, 0.25) is 0 Å². The minimum atomic E-state index is -0.230. The number of hydrogen-bond donors (Lipinski definition) is 0. The molecule has 1 aliphatic rings. The van der Waals surface area contributed by atoms with Gasteiger partial charge < -0.3 is 9.30 Å². The summed E-state index contributed by atoms with van der Waals surface area (Å²) in [6.07, 6.45) is 2.78. The molecule has 152 valence electrons. The third-order valence-corrected chi connectivity index (χ3v) is 5.84. The van der Waals surface area contributed by atoms with E-state index in [-0.39, 0.29) is 5.82 Å². The van der Waals surface area contributed by atoms with Crippen molar-refractivity contribution in [1.29, 1.82) is 0 Å². The highest BCUT2D eigenvalue weighted by atomic mass is 35.5. The normalized spacial score (nSPS) is 15.0. The summed E-state index contributed by atoms with van der Waals surface area (Å²) in [5.41, 5.74) is 3.07. The molecule has 0 radical (unpaired) electrons. The van der Waals surface area contributed by atoms with Gasteiger partial charge in [0.25, 0.3) is 0 Å². The molecule has 2 aromatic carbocycles. The van der Waals surface area contributed by atoms with E-state index in [1.807, 2.05) is 36.4 Å². The largest absolute Gasteiger partial charge is 0.379 e. The number of ether oxygens (including phenoxy) is 1. The van der Waals surface area contributed by atoms with Crippen LogP contribution in [0.25, 0.3) is 5.69 Å². The summed E-state index contributed by atoms with van der Waals surface area (Å²) in [6, 6.07) is 14.3. The second-order valence-corrected chi connectivity index (χ2v) is 7.97. The second-order valence-electron chi connectivity index (χ2n) is 7.17. The fourth-order valence-electron chi connectivity index (χ4n) is 3.58. The molecular formula is C22H23ClFN3OS. The van der Waals surface area contributed by atoms with Crippen LogP contribution in [-0.2, 0) is 17.7 Å². The highest BCUT2D eigenvalue weighted by Crippen LogP contribution is 2.20. The zero-order valence-corrected chi connectivity index (χ0v) is 17.6. The Balaban J connectivity index is 1.64. The highest BCUT2D eigenvalue weighted by Gasteiger charge is 2.14. The predicted octanol–water partition coefficient (Wildman–Crippen LogP) is 4.72. The fourth-order valence-corrected chi connectivity index (χ4v) is 4.07. The van der Waals surface area contributed by atoms with Crippen molar-refractivity contribution >= 4 is 23.8 Å². The van der Waals surface area contributed by atoms with E-state index in [4.69, 9.17) is 28.6 Å². The number of imidazole rings is 1. The van der Waals surface area contributed by atoms with Crippen molar-refractivity contribution in [3.63, 3.8) is 0 Å². The van der Waals surface area contributed by atoms with Crippen LogP contribution in [0.2, 0.25) is 5.02 Å². The Bertz CT molecular complexity index is 1010. The first-order valence-electron chi connectivity index (χ1n) is 9.72. The molecule has 0 atom stereocenters. The molecule has 1 aliphatic heterocycles. The van der Waals surface area contributed by atoms with E-state index in [0.29, 0.717) is 11.4 Å². The average Bonchev–Trinajstić information content (AvgIpc) is 3.04. The van der Waals surface area contributed by atoms with E-state index in [1.165, 1.54) is 12.1 Å². The van der Waals surface area contributed by atoms with Crippen molar-refractivity contribution < 1.29 is 9.13 Å². The maximum Gasteiger partial charge on any atom is 0.184 e. The van der Waals surface area contributed by atoms with Crippen molar-refractivity contribution in [2.24, 2.45) is 0 Å². The van der Waals surface area contributed by atoms with Gasteiger partial charge in [0.15, 0.2) is 4.77 Å². The zero-order chi connectivity index (χ0) is 20.2. The summed E-state index contributed by atoms with van der Waals surface area (Å²) >= 11 is 11.9. The molecule has 0 saturated carbocycles. The number of halogens is 2. The van der Waals surface area contributed by atoms with Crippen LogP contribution in [-0.4, -0.2) is 46.9 Å². The van der Waals surface area contributed by atoms with E-state index in [1.54, 1.807) is 0 Å². The van der Waals surface area contributed by atoms with E-state index < -0.39 is 0 Å². The van der Waals surface area contributed by atoms with Crippen LogP contribution >= 0.6 is 23.8 Å². The zero-order valence-electron chi connectivity index (χ0n) is 16.1. The molecule has 7 heteroatoms. The lowest BCUT2D eigenvalue weighted by atomic mass is 10.1. The Labute approximate surface area is 180 Å². The smallest absolute Gasteiger partial charge is 0.184 e. The lowest BCUT2D eigenvalue weighted by molar-refractivity contribution is 0.0363. The molecule has 1 saturated heterocycles. The van der Waals surface area contributed by atoms with Gasteiger partial charge in [-0.05, 0) is 54.2 Å². The lowest BCUT2D eigenvalue weighted by Gasteiger charge is -2.26. The van der Waals surface area contributed by atoms with Gasteiger partial charge in [0.1, 0.15) is 5.82 Å². The van der Waals surface area contributed by atoms with Gasteiger partial charge in [-0.15, -0.1) is 0 Å². The Morgan fingerprint density at radius 3 is 2.34 bits per heavy atom. The van der Waals surface area contributed by atoms with Crippen LogP contribution in [0.3, 0.4) is 0 Å². The second kappa shape index (κ2) is 9.22. The summed E-state index contributed by atoms with van der Waals surface area (Å²) in [5, 5.41) is 0.687. The Morgan fingerprint density at radius 2 is 1.66 bits per heavy atom. The molecule has 0 N–H and O–H groups in total. The SMILES string of the molecule is Fc1ccc(Cc2cn(CCN3CCOCC3)c(=S)n2-c2ccc(Cl)cc2)cc1. The summed E-state index contributed by atoms with van der Waals surface area (Å²) in [5.74, 6) is -0.230. The number of morpholine rings is 1. The minimum absolute atomic E-state index is 0.230. The van der Waals surface area contributed by atoms with Gasteiger partial charge >= 0.3 is 0 Å². The van der Waals surface area contributed by atoms with E-state index in [9.17, 15) is 4.39 Å². The van der Waals surface area contributed by atoms with Crippen LogP contribution in [0, 0.1) is 10.6 Å². The highest BCUT2D eigenvalue weighted by molar-refractivity contribution is 7.71. The molecule has 2 heterocycles. The van der Waals surface area contributed by atoms with Crippen molar-refractivity contribution in [2.45, 2.75) is 13.0 Å². The molecule has 29 heavy (non-hydrogen) atoms. The molecule has 1 aromatic heterocycles. The van der Waals surface area contributed by atoms with Crippen molar-refractivity contribution in [2.75, 3.05) is 32.8 Å². The van der Waals surface area contributed by atoms with Gasteiger partial charge in [-0.25, -0.2) is 4.39 Å². The van der Waals surface area contributed by atoms with Crippen molar-refractivity contribution in [3.8, 4) is 5.69 Å². The molecule has 0 aliphatic carbocycles. The quantitative estimate of drug-likeness (QED) is 0.527. The molecule has 4 nitrogen and oxygen atoms in total. The summed E-state index contributed by atoms with van der Waals surface area (Å²) < 4.78 is 23.7. The Morgan fingerprint density at radius 1 is 0.966 bits per heavy atom. The third kappa shape index (κ3) is 4.95. The monoisotopic (exact) mass is 431 g/mol. The van der Waals surface area contributed by atoms with E-state index in [0.717, 1.165) is 61.1 Å². The van der Waals surface area contributed by atoms with Crippen LogP contribution in [0.1, 0.15) is 11.3 Å². The lowest BCUT2D eigenvalue weighted by Crippen LogP contribution is -2.38. The summed E-state index contributed by atoms with van der Waals surface area (Å²) in [7, 11) is 0. The number of nitrogens with zero attached hydrogens (tertiary/aromatic N) is 3. The van der Waals surface area contributed by atoms with Crippen LogP contribution in [0.5, 0.6) is 0 Å². The molecular weight excluding hydrogens is 409 g/mol. The molecule has 0 bridgehead atoms. The fraction of sp³-hybridized carbons (Fsp3) is 0.318. The van der Waals surface area contributed by atoms with E-state index >= 15 is 0 Å². The maximum atomic E-state index is 13.3. The first-order chi connectivity index (χ1) is 14.1. The van der Waals surface area contributed by atoms with Crippen molar-refractivity contribution in [3.05, 3.63) is 81.6 Å². The maximum absolute atomic E-state index is 13.3. The number of aromatic nitrogens is 2. The molecule has 4 rings (SSSR count). The molecule has 3 aromatic rings. The van der Waals surface area contributed by atoms with Gasteiger partial charge in [0, 0.05) is 55.2 Å². The standard InChI is InChI=1S/C22H23ClFN3OS/c23-18-3-7-20(8-4-18)27-21(15-17-1-5-19(24)6-2-17)16-26(22(27)29)10-9-25-11-13-28-14-12-25/h1-8,16H,9-15H2. The number of rotatable bonds is 6. The number of hydrogen-bond acceptors (Lipinski definition) is 3. The summed E-state index contributed by atoms with van der Waals surface area (Å²) in [4.78, 5) is 2.39. The predicted molar refractivity (Wildman–Crippen MR) is 116 cm³/mol. The van der Waals surface area contributed by atoms with Crippen LogP contribution in [0.4, 0.5) is 4.39 Å². The molecule has 1 fully saturated rings. The van der Waals surface area contributed by atoms with Gasteiger partial charge in [-0.3, -0.25) is 9.47 Å². The average molecular weight is 432 g/mol. The molecule has 0 unspecified atom stereocenters. The van der Waals surface area contributed by atoms with Gasteiger partial charge in [-0.2, -0.15) is 0 Å². The molecule has 0 amide bonds.